The smallest absolute Gasteiger partial charge is 0.229 e. The highest BCUT2D eigenvalue weighted by molar-refractivity contribution is 5.95. The molecule has 7 heteroatoms. The summed E-state index contributed by atoms with van der Waals surface area (Å²) in [6.07, 6.45) is 2.91. The van der Waals surface area contributed by atoms with Crippen LogP contribution in [0.1, 0.15) is 36.4 Å². The summed E-state index contributed by atoms with van der Waals surface area (Å²) >= 11 is 0. The summed E-state index contributed by atoms with van der Waals surface area (Å²) in [6.45, 7) is 1.75. The lowest BCUT2D eigenvalue weighted by atomic mass is 9.83. The van der Waals surface area contributed by atoms with Gasteiger partial charge in [0.25, 0.3) is 0 Å². The number of benzene rings is 2. The number of likely N-dealkylation sites (tertiary alicyclic amines) is 1. The maximum Gasteiger partial charge on any atom is 0.229 e. The van der Waals surface area contributed by atoms with Gasteiger partial charge in [-0.15, -0.1) is 0 Å². The lowest BCUT2D eigenvalue weighted by Crippen LogP contribution is -2.47. The van der Waals surface area contributed by atoms with E-state index in [0.29, 0.717) is 26.0 Å². The van der Waals surface area contributed by atoms with E-state index in [1.54, 1.807) is 24.1 Å². The molecule has 4 rings (SSSR count). The molecule has 0 saturated carbocycles. The number of fused-ring (bicyclic) bond motifs is 1. The highest BCUT2D eigenvalue weighted by Crippen LogP contribution is 2.38. The van der Waals surface area contributed by atoms with Gasteiger partial charge in [-0.25, -0.2) is 4.39 Å². The molecule has 1 saturated heterocycles. The summed E-state index contributed by atoms with van der Waals surface area (Å²) in [5.41, 5.74) is 3.93. The van der Waals surface area contributed by atoms with Crippen molar-refractivity contribution in [2.24, 2.45) is 5.92 Å². The standard InChI is InChI=1S/C25H30FN3O3/c1-28-13-3-4-17-7-10-20(16-22(17)28)27-25(31)21-11-12-23(30)29(14-15-32-2)24(21)18-5-8-19(26)9-6-18/h5-10,16,21,24H,3-4,11-15H2,1-2H3,(H,27,31)/t21-,24+/m1/s1. The second kappa shape index (κ2) is 9.69. The van der Waals surface area contributed by atoms with E-state index in [9.17, 15) is 14.0 Å². The minimum Gasteiger partial charge on any atom is -0.383 e. The number of methoxy groups -OCH3 is 1. The van der Waals surface area contributed by atoms with Crippen LogP contribution in [0.2, 0.25) is 0 Å². The molecule has 1 fully saturated rings. The van der Waals surface area contributed by atoms with Gasteiger partial charge >= 0.3 is 0 Å². The van der Waals surface area contributed by atoms with E-state index in [1.165, 1.54) is 17.7 Å². The van der Waals surface area contributed by atoms with Gasteiger partial charge in [0.1, 0.15) is 5.82 Å². The third-order valence-electron chi connectivity index (χ3n) is 6.49. The largest absolute Gasteiger partial charge is 0.383 e. The number of anilines is 2. The summed E-state index contributed by atoms with van der Waals surface area (Å²) < 4.78 is 18.8. The fourth-order valence-electron chi connectivity index (χ4n) is 4.82. The molecule has 0 aromatic heterocycles. The quantitative estimate of drug-likeness (QED) is 0.744. The van der Waals surface area contributed by atoms with Crippen LogP contribution in [0.4, 0.5) is 15.8 Å². The Balaban J connectivity index is 1.60. The molecule has 0 bridgehead atoms. The monoisotopic (exact) mass is 439 g/mol. The molecule has 6 nitrogen and oxygen atoms in total. The Bertz CT molecular complexity index is 979. The predicted molar refractivity (Wildman–Crippen MR) is 122 cm³/mol. The first-order chi connectivity index (χ1) is 15.5. The molecule has 0 spiro atoms. The number of ether oxygens (including phenoxy) is 1. The van der Waals surface area contributed by atoms with Crippen LogP contribution in [0.5, 0.6) is 0 Å². The summed E-state index contributed by atoms with van der Waals surface area (Å²) in [5, 5.41) is 3.08. The summed E-state index contributed by atoms with van der Waals surface area (Å²) in [6, 6.07) is 11.6. The van der Waals surface area contributed by atoms with Crippen molar-refractivity contribution in [1.29, 1.82) is 0 Å². The van der Waals surface area contributed by atoms with Crippen molar-refractivity contribution >= 4 is 23.2 Å². The number of carbonyl (C=O) groups is 2. The lowest BCUT2D eigenvalue weighted by Gasteiger charge is -2.40. The number of rotatable bonds is 6. The fourth-order valence-corrected chi connectivity index (χ4v) is 4.82. The average Bonchev–Trinajstić information content (AvgIpc) is 2.79. The highest BCUT2D eigenvalue weighted by Gasteiger charge is 2.40. The van der Waals surface area contributed by atoms with Gasteiger partial charge in [0, 0.05) is 45.0 Å². The van der Waals surface area contributed by atoms with Crippen LogP contribution >= 0.6 is 0 Å². The van der Waals surface area contributed by atoms with E-state index < -0.39 is 12.0 Å². The second-order valence-electron chi connectivity index (χ2n) is 8.58. The number of nitrogens with zero attached hydrogens (tertiary/aromatic N) is 2. The number of aryl methyl sites for hydroxylation is 1. The molecule has 2 aliphatic heterocycles. The SMILES string of the molecule is COCCN1C(=O)CC[C@@H](C(=O)Nc2ccc3c(c2)N(C)CCC3)[C@@H]1c1ccc(F)cc1. The van der Waals surface area contributed by atoms with E-state index in [1.807, 2.05) is 12.1 Å². The molecule has 2 aliphatic rings. The first-order valence-electron chi connectivity index (χ1n) is 11.2. The molecule has 0 radical (unpaired) electrons. The van der Waals surface area contributed by atoms with Crippen molar-refractivity contribution in [3.05, 3.63) is 59.4 Å². The van der Waals surface area contributed by atoms with Crippen molar-refractivity contribution in [2.75, 3.05) is 44.1 Å². The van der Waals surface area contributed by atoms with Crippen LogP contribution in [-0.2, 0) is 20.7 Å². The Labute approximate surface area is 188 Å². The van der Waals surface area contributed by atoms with E-state index in [4.69, 9.17) is 4.74 Å². The van der Waals surface area contributed by atoms with Crippen LogP contribution in [-0.4, -0.2) is 50.6 Å². The maximum absolute atomic E-state index is 13.6. The Hall–Kier alpha value is -2.93. The second-order valence-corrected chi connectivity index (χ2v) is 8.58. The van der Waals surface area contributed by atoms with Crippen molar-refractivity contribution in [2.45, 2.75) is 31.7 Å². The fraction of sp³-hybridized carbons (Fsp3) is 0.440. The van der Waals surface area contributed by atoms with E-state index >= 15 is 0 Å². The van der Waals surface area contributed by atoms with Crippen molar-refractivity contribution < 1.29 is 18.7 Å². The Morgan fingerprint density at radius 2 is 1.97 bits per heavy atom. The molecule has 0 aliphatic carbocycles. The van der Waals surface area contributed by atoms with Gasteiger partial charge in [0.05, 0.1) is 18.6 Å². The summed E-state index contributed by atoms with van der Waals surface area (Å²) in [4.78, 5) is 30.1. The molecule has 170 valence electrons. The topological polar surface area (TPSA) is 61.9 Å². The van der Waals surface area contributed by atoms with Crippen LogP contribution in [0.25, 0.3) is 0 Å². The Kier molecular flexibility index (Phi) is 6.74. The van der Waals surface area contributed by atoms with Crippen LogP contribution < -0.4 is 10.2 Å². The van der Waals surface area contributed by atoms with Crippen molar-refractivity contribution in [1.82, 2.24) is 4.90 Å². The molecule has 0 unspecified atom stereocenters. The zero-order valence-corrected chi connectivity index (χ0v) is 18.6. The molecule has 2 aromatic rings. The van der Waals surface area contributed by atoms with Crippen molar-refractivity contribution in [3.8, 4) is 0 Å². The number of amides is 2. The molecular formula is C25H30FN3O3. The molecule has 32 heavy (non-hydrogen) atoms. The average molecular weight is 440 g/mol. The van der Waals surface area contributed by atoms with Gasteiger partial charge in [0.15, 0.2) is 0 Å². The third kappa shape index (κ3) is 4.63. The minimum atomic E-state index is -0.465. The van der Waals surface area contributed by atoms with E-state index in [0.717, 1.165) is 36.3 Å². The van der Waals surface area contributed by atoms with Gasteiger partial charge in [0.2, 0.25) is 11.8 Å². The molecule has 2 heterocycles. The normalized spacial score (nSPS) is 20.8. The number of halogens is 1. The maximum atomic E-state index is 13.6. The molecule has 2 aromatic carbocycles. The Morgan fingerprint density at radius 3 is 2.72 bits per heavy atom. The van der Waals surface area contributed by atoms with Gasteiger partial charge < -0.3 is 19.9 Å². The summed E-state index contributed by atoms with van der Waals surface area (Å²) in [7, 11) is 3.65. The van der Waals surface area contributed by atoms with E-state index in [2.05, 4.69) is 23.3 Å². The number of hydrogen-bond acceptors (Lipinski definition) is 4. The number of hydrogen-bond donors (Lipinski definition) is 1. The molecule has 2 atom stereocenters. The van der Waals surface area contributed by atoms with Crippen LogP contribution in [0, 0.1) is 11.7 Å². The molecular weight excluding hydrogens is 409 g/mol. The van der Waals surface area contributed by atoms with Gasteiger partial charge in [-0.05, 0) is 54.7 Å². The van der Waals surface area contributed by atoms with Crippen LogP contribution in [0.3, 0.4) is 0 Å². The third-order valence-corrected chi connectivity index (χ3v) is 6.49. The number of nitrogens with one attached hydrogen (secondary N) is 1. The zero-order chi connectivity index (χ0) is 22.7. The zero-order valence-electron chi connectivity index (χ0n) is 18.6. The van der Waals surface area contributed by atoms with Gasteiger partial charge in [-0.1, -0.05) is 18.2 Å². The Morgan fingerprint density at radius 1 is 1.19 bits per heavy atom. The van der Waals surface area contributed by atoms with Crippen LogP contribution in [0.15, 0.2) is 42.5 Å². The number of piperidine rings is 1. The molecule has 2 amide bonds. The summed E-state index contributed by atoms with van der Waals surface area (Å²) in [5.74, 6) is -0.939. The first kappa shape index (κ1) is 22.3. The lowest BCUT2D eigenvalue weighted by molar-refractivity contribution is -0.142. The minimum absolute atomic E-state index is 0.0177. The predicted octanol–water partition coefficient (Wildman–Crippen LogP) is 3.77. The highest BCUT2D eigenvalue weighted by atomic mass is 19.1. The molecule has 1 N–H and O–H groups in total. The first-order valence-corrected chi connectivity index (χ1v) is 11.2. The van der Waals surface area contributed by atoms with Gasteiger partial charge in [-0.2, -0.15) is 0 Å². The van der Waals surface area contributed by atoms with E-state index in [-0.39, 0.29) is 17.6 Å². The number of carbonyl (C=O) groups excluding carboxylic acids is 2. The van der Waals surface area contributed by atoms with Gasteiger partial charge in [-0.3, -0.25) is 9.59 Å². The van der Waals surface area contributed by atoms with Crippen molar-refractivity contribution in [3.63, 3.8) is 0 Å².